The van der Waals surface area contributed by atoms with E-state index in [4.69, 9.17) is 5.11 Å². The van der Waals surface area contributed by atoms with E-state index >= 15 is 0 Å². The summed E-state index contributed by atoms with van der Waals surface area (Å²) in [4.78, 5) is 19.3. The van der Waals surface area contributed by atoms with E-state index in [1.807, 2.05) is 19.9 Å². The lowest BCUT2D eigenvalue weighted by Gasteiger charge is -2.09. The third kappa shape index (κ3) is 3.29. The van der Waals surface area contributed by atoms with Gasteiger partial charge in [-0.1, -0.05) is 0 Å². The van der Waals surface area contributed by atoms with Crippen LogP contribution in [0.25, 0.3) is 0 Å². The zero-order valence-corrected chi connectivity index (χ0v) is 12.0. The minimum Gasteiger partial charge on any atom is -0.478 e. The van der Waals surface area contributed by atoms with Crippen LogP contribution < -0.4 is 5.32 Å². The maximum absolute atomic E-state index is 10.9. The molecule has 6 heteroatoms. The van der Waals surface area contributed by atoms with Crippen molar-refractivity contribution in [3.8, 4) is 0 Å². The number of hydrogen-bond donors (Lipinski definition) is 2. The summed E-state index contributed by atoms with van der Waals surface area (Å²) in [6.07, 6.45) is 0. The van der Waals surface area contributed by atoms with Crippen molar-refractivity contribution in [2.45, 2.75) is 13.8 Å². The normalized spacial score (nSPS) is 10.3. The van der Waals surface area contributed by atoms with Gasteiger partial charge in [0.25, 0.3) is 0 Å². The molecule has 0 fully saturated rings. The van der Waals surface area contributed by atoms with Gasteiger partial charge in [0.05, 0.1) is 11.3 Å². The number of anilines is 2. The van der Waals surface area contributed by atoms with Gasteiger partial charge in [0, 0.05) is 16.2 Å². The fourth-order valence-corrected chi connectivity index (χ4v) is 2.15. The van der Waals surface area contributed by atoms with Crippen LogP contribution in [0, 0.1) is 13.8 Å². The van der Waals surface area contributed by atoms with Crippen molar-refractivity contribution in [1.82, 2.24) is 9.97 Å². The van der Waals surface area contributed by atoms with E-state index < -0.39 is 5.97 Å². The van der Waals surface area contributed by atoms with Crippen LogP contribution in [-0.2, 0) is 0 Å². The smallest absolute Gasteiger partial charge is 0.335 e. The van der Waals surface area contributed by atoms with Gasteiger partial charge in [0.2, 0.25) is 0 Å². The molecular formula is C13H12BrN3O2. The zero-order chi connectivity index (χ0) is 14.0. The first-order valence-electron chi connectivity index (χ1n) is 5.58. The van der Waals surface area contributed by atoms with Gasteiger partial charge in [0.1, 0.15) is 11.6 Å². The minimum absolute atomic E-state index is 0.229. The number of nitrogens with zero attached hydrogens (tertiary/aromatic N) is 2. The monoisotopic (exact) mass is 321 g/mol. The van der Waals surface area contributed by atoms with E-state index in [2.05, 4.69) is 31.2 Å². The lowest BCUT2D eigenvalue weighted by Crippen LogP contribution is -2.01. The number of carboxylic acids is 1. The number of aromatic carboxylic acids is 1. The lowest BCUT2D eigenvalue weighted by atomic mass is 10.2. The Bertz CT molecular complexity index is 624. The first-order valence-corrected chi connectivity index (χ1v) is 6.37. The highest BCUT2D eigenvalue weighted by atomic mass is 79.9. The molecule has 0 aliphatic heterocycles. The number of rotatable bonds is 3. The number of halogens is 1. The van der Waals surface area contributed by atoms with E-state index in [-0.39, 0.29) is 5.56 Å². The van der Waals surface area contributed by atoms with Crippen LogP contribution in [0.2, 0.25) is 0 Å². The van der Waals surface area contributed by atoms with Crippen LogP contribution in [0.5, 0.6) is 0 Å². The Morgan fingerprint density at radius 2 is 2.00 bits per heavy atom. The van der Waals surface area contributed by atoms with Gasteiger partial charge in [-0.15, -0.1) is 0 Å². The van der Waals surface area contributed by atoms with Crippen molar-refractivity contribution in [2.24, 2.45) is 0 Å². The predicted molar refractivity (Wildman–Crippen MR) is 75.9 cm³/mol. The van der Waals surface area contributed by atoms with Gasteiger partial charge in [-0.2, -0.15) is 0 Å². The van der Waals surface area contributed by atoms with Crippen molar-refractivity contribution in [3.05, 3.63) is 45.8 Å². The summed E-state index contributed by atoms with van der Waals surface area (Å²) >= 11 is 3.34. The quantitative estimate of drug-likeness (QED) is 0.907. The Labute approximate surface area is 118 Å². The molecule has 0 atom stereocenters. The van der Waals surface area contributed by atoms with Crippen LogP contribution in [-0.4, -0.2) is 21.0 Å². The van der Waals surface area contributed by atoms with Crippen LogP contribution in [0.15, 0.2) is 28.7 Å². The SMILES string of the molecule is Cc1cc(Nc2ccc(C(=O)O)cc2Br)nc(C)n1. The Kier molecular flexibility index (Phi) is 3.80. The van der Waals surface area contributed by atoms with Crippen LogP contribution in [0.1, 0.15) is 21.9 Å². The van der Waals surface area contributed by atoms with Gasteiger partial charge < -0.3 is 10.4 Å². The second kappa shape index (κ2) is 5.36. The summed E-state index contributed by atoms with van der Waals surface area (Å²) in [6, 6.07) is 6.60. The predicted octanol–water partition coefficient (Wildman–Crippen LogP) is 3.30. The Morgan fingerprint density at radius 1 is 1.26 bits per heavy atom. The highest BCUT2D eigenvalue weighted by molar-refractivity contribution is 9.10. The molecule has 1 aromatic heterocycles. The zero-order valence-electron chi connectivity index (χ0n) is 10.4. The van der Waals surface area contributed by atoms with Crippen molar-refractivity contribution >= 4 is 33.4 Å². The molecule has 1 aromatic carbocycles. The molecule has 19 heavy (non-hydrogen) atoms. The molecule has 0 aliphatic rings. The van der Waals surface area contributed by atoms with Gasteiger partial charge in [-0.25, -0.2) is 14.8 Å². The molecule has 2 aromatic rings. The molecule has 1 heterocycles. The largest absolute Gasteiger partial charge is 0.478 e. The van der Waals surface area contributed by atoms with Crippen LogP contribution in [0.3, 0.4) is 0 Å². The maximum Gasteiger partial charge on any atom is 0.335 e. The van der Waals surface area contributed by atoms with Crippen LogP contribution in [0.4, 0.5) is 11.5 Å². The molecule has 0 bridgehead atoms. The number of carbonyl (C=O) groups is 1. The lowest BCUT2D eigenvalue weighted by molar-refractivity contribution is 0.0697. The Balaban J connectivity index is 2.30. The molecule has 0 amide bonds. The molecule has 0 radical (unpaired) electrons. The first-order chi connectivity index (χ1) is 8.95. The fourth-order valence-electron chi connectivity index (χ4n) is 1.67. The third-order valence-corrected chi connectivity index (χ3v) is 3.10. The molecule has 0 spiro atoms. The molecule has 2 N–H and O–H groups in total. The molecule has 0 aliphatic carbocycles. The van der Waals surface area contributed by atoms with E-state index in [0.29, 0.717) is 16.1 Å². The standard InChI is InChI=1S/C13H12BrN3O2/c1-7-5-12(16-8(2)15-7)17-11-4-3-9(13(18)19)6-10(11)14/h3-6H,1-2H3,(H,18,19)(H,15,16,17). The minimum atomic E-state index is -0.957. The Morgan fingerprint density at radius 3 is 2.58 bits per heavy atom. The van der Waals surface area contributed by atoms with Crippen molar-refractivity contribution in [1.29, 1.82) is 0 Å². The summed E-state index contributed by atoms with van der Waals surface area (Å²) in [5.41, 5.74) is 1.85. The molecular weight excluding hydrogens is 310 g/mol. The Hall–Kier alpha value is -1.95. The first kappa shape index (κ1) is 13.5. The van der Waals surface area contributed by atoms with Crippen molar-refractivity contribution in [2.75, 3.05) is 5.32 Å². The maximum atomic E-state index is 10.9. The second-order valence-corrected chi connectivity index (χ2v) is 4.92. The molecule has 0 unspecified atom stereocenters. The number of nitrogens with one attached hydrogen (secondary N) is 1. The summed E-state index contributed by atoms with van der Waals surface area (Å²) < 4.78 is 0.668. The average molecular weight is 322 g/mol. The van der Waals surface area contributed by atoms with E-state index in [1.54, 1.807) is 12.1 Å². The average Bonchev–Trinajstić information content (AvgIpc) is 2.30. The summed E-state index contributed by atoms with van der Waals surface area (Å²) in [5, 5.41) is 12.0. The topological polar surface area (TPSA) is 75.1 Å². The molecule has 98 valence electrons. The van der Waals surface area contributed by atoms with Crippen LogP contribution >= 0.6 is 15.9 Å². The fraction of sp³-hybridized carbons (Fsp3) is 0.154. The second-order valence-electron chi connectivity index (χ2n) is 4.07. The number of aromatic nitrogens is 2. The molecule has 2 rings (SSSR count). The third-order valence-electron chi connectivity index (χ3n) is 2.44. The summed E-state index contributed by atoms with van der Waals surface area (Å²) in [6.45, 7) is 3.71. The number of benzene rings is 1. The van der Waals surface area contributed by atoms with Gasteiger partial charge >= 0.3 is 5.97 Å². The molecule has 5 nitrogen and oxygen atoms in total. The van der Waals surface area contributed by atoms with Gasteiger partial charge in [-0.3, -0.25) is 0 Å². The van der Waals surface area contributed by atoms with E-state index in [1.165, 1.54) is 6.07 Å². The van der Waals surface area contributed by atoms with Crippen molar-refractivity contribution in [3.63, 3.8) is 0 Å². The number of carboxylic acid groups (broad SMARTS) is 1. The van der Waals surface area contributed by atoms with E-state index in [0.717, 1.165) is 11.4 Å². The van der Waals surface area contributed by atoms with Gasteiger partial charge in [0.15, 0.2) is 0 Å². The van der Waals surface area contributed by atoms with Crippen molar-refractivity contribution < 1.29 is 9.90 Å². The summed E-state index contributed by atoms with van der Waals surface area (Å²) in [5.74, 6) is 0.399. The summed E-state index contributed by atoms with van der Waals surface area (Å²) in [7, 11) is 0. The highest BCUT2D eigenvalue weighted by Crippen LogP contribution is 2.26. The highest BCUT2D eigenvalue weighted by Gasteiger charge is 2.07. The van der Waals surface area contributed by atoms with Gasteiger partial charge in [-0.05, 0) is 48.0 Å². The number of hydrogen-bond acceptors (Lipinski definition) is 4. The molecule has 0 saturated carbocycles. The van der Waals surface area contributed by atoms with E-state index in [9.17, 15) is 4.79 Å². The number of aryl methyl sites for hydroxylation is 2. The molecule has 0 saturated heterocycles.